The second-order valence-corrected chi connectivity index (χ2v) is 5.88. The van der Waals surface area contributed by atoms with Crippen LogP contribution in [0.4, 0.5) is 5.69 Å². The molecular weight excluding hydrogens is 310 g/mol. The average molecular weight is 321 g/mol. The highest BCUT2D eigenvalue weighted by atomic mass is 32.1. The van der Waals surface area contributed by atoms with E-state index in [9.17, 15) is 4.79 Å². The van der Waals surface area contributed by atoms with Crippen LogP contribution in [0.15, 0.2) is 42.9 Å². The fourth-order valence-electron chi connectivity index (χ4n) is 2.71. The standard InChI is InChI=1S/C16H11N5OS/c17-14-9(16(18)22)6-11-15(20-5-4-19-11)13(14)8-2-1-3-12-10(8)7-21-23-12/h1-7H,17H2,(H2,18,22). The lowest BCUT2D eigenvalue weighted by atomic mass is 9.96. The van der Waals surface area contributed by atoms with Gasteiger partial charge in [-0.25, -0.2) is 0 Å². The molecule has 7 heteroatoms. The summed E-state index contributed by atoms with van der Waals surface area (Å²) in [6.45, 7) is 0. The average Bonchev–Trinajstić information content (AvgIpc) is 3.03. The number of nitrogens with zero attached hydrogens (tertiary/aromatic N) is 3. The van der Waals surface area contributed by atoms with Crippen LogP contribution in [0.1, 0.15) is 10.4 Å². The van der Waals surface area contributed by atoms with Crippen LogP contribution in [0.25, 0.3) is 32.2 Å². The molecule has 4 N–H and O–H groups in total. The predicted octanol–water partition coefficient (Wildman–Crippen LogP) is 2.59. The van der Waals surface area contributed by atoms with Gasteiger partial charge in [0.25, 0.3) is 5.91 Å². The van der Waals surface area contributed by atoms with Gasteiger partial charge in [-0.1, -0.05) is 12.1 Å². The monoisotopic (exact) mass is 321 g/mol. The van der Waals surface area contributed by atoms with Gasteiger partial charge in [0.15, 0.2) is 0 Å². The van der Waals surface area contributed by atoms with Crippen LogP contribution in [0.5, 0.6) is 0 Å². The van der Waals surface area contributed by atoms with E-state index in [1.54, 1.807) is 24.7 Å². The lowest BCUT2D eigenvalue weighted by Gasteiger charge is -2.13. The van der Waals surface area contributed by atoms with Crippen molar-refractivity contribution in [3.05, 3.63) is 48.4 Å². The van der Waals surface area contributed by atoms with Gasteiger partial charge in [0.1, 0.15) is 0 Å². The topological polar surface area (TPSA) is 108 Å². The van der Waals surface area contributed by atoms with E-state index in [4.69, 9.17) is 11.5 Å². The molecule has 0 spiro atoms. The Morgan fingerprint density at radius 1 is 1.17 bits per heavy atom. The van der Waals surface area contributed by atoms with Crippen molar-refractivity contribution >= 4 is 44.2 Å². The van der Waals surface area contributed by atoms with Gasteiger partial charge in [0.05, 0.1) is 27.0 Å². The smallest absolute Gasteiger partial charge is 0.250 e. The normalized spacial score (nSPS) is 11.1. The first-order valence-electron chi connectivity index (χ1n) is 6.83. The van der Waals surface area contributed by atoms with E-state index >= 15 is 0 Å². The first kappa shape index (κ1) is 13.6. The van der Waals surface area contributed by atoms with E-state index in [1.807, 2.05) is 18.2 Å². The maximum absolute atomic E-state index is 11.7. The third-order valence-corrected chi connectivity index (χ3v) is 4.50. The highest BCUT2D eigenvalue weighted by Crippen LogP contribution is 2.39. The van der Waals surface area contributed by atoms with Gasteiger partial charge in [-0.15, -0.1) is 0 Å². The van der Waals surface area contributed by atoms with Gasteiger partial charge in [-0.2, -0.15) is 4.37 Å². The maximum atomic E-state index is 11.7. The number of fused-ring (bicyclic) bond motifs is 2. The quantitative estimate of drug-likeness (QED) is 0.552. The van der Waals surface area contributed by atoms with Crippen LogP contribution in [0.2, 0.25) is 0 Å². The minimum Gasteiger partial charge on any atom is -0.398 e. The third-order valence-electron chi connectivity index (χ3n) is 3.74. The molecule has 0 atom stereocenters. The molecule has 4 aromatic rings. The number of anilines is 1. The van der Waals surface area contributed by atoms with Crippen LogP contribution >= 0.6 is 11.5 Å². The number of nitrogen functional groups attached to an aromatic ring is 1. The van der Waals surface area contributed by atoms with Crippen molar-refractivity contribution in [3.63, 3.8) is 0 Å². The van der Waals surface area contributed by atoms with E-state index in [0.717, 1.165) is 15.6 Å². The summed E-state index contributed by atoms with van der Waals surface area (Å²) in [5.74, 6) is -0.591. The molecule has 2 heterocycles. The van der Waals surface area contributed by atoms with Crippen LogP contribution in [0, 0.1) is 0 Å². The van der Waals surface area contributed by atoms with Crippen molar-refractivity contribution in [2.45, 2.75) is 0 Å². The van der Waals surface area contributed by atoms with Crippen molar-refractivity contribution < 1.29 is 4.79 Å². The molecule has 0 aliphatic heterocycles. The third kappa shape index (κ3) is 2.01. The lowest BCUT2D eigenvalue weighted by molar-refractivity contribution is 0.100. The molecule has 0 saturated carbocycles. The van der Waals surface area contributed by atoms with E-state index in [-0.39, 0.29) is 5.56 Å². The Kier molecular flexibility index (Phi) is 2.95. The maximum Gasteiger partial charge on any atom is 0.250 e. The van der Waals surface area contributed by atoms with Crippen molar-refractivity contribution in [1.29, 1.82) is 0 Å². The van der Waals surface area contributed by atoms with Crippen molar-refractivity contribution in [2.24, 2.45) is 5.73 Å². The number of benzene rings is 2. The summed E-state index contributed by atoms with van der Waals surface area (Å²) in [6.07, 6.45) is 4.95. The number of hydrogen-bond donors (Lipinski definition) is 2. The number of rotatable bonds is 2. The fourth-order valence-corrected chi connectivity index (χ4v) is 3.38. The summed E-state index contributed by atoms with van der Waals surface area (Å²) in [4.78, 5) is 20.4. The molecule has 0 bridgehead atoms. The molecule has 0 radical (unpaired) electrons. The number of aromatic nitrogens is 3. The Morgan fingerprint density at radius 3 is 2.83 bits per heavy atom. The predicted molar refractivity (Wildman–Crippen MR) is 91.1 cm³/mol. The van der Waals surface area contributed by atoms with Gasteiger partial charge in [0.2, 0.25) is 0 Å². The molecular formula is C16H11N5OS. The van der Waals surface area contributed by atoms with E-state index in [1.165, 1.54) is 11.5 Å². The molecule has 1 amide bonds. The Hall–Kier alpha value is -3.06. The molecule has 23 heavy (non-hydrogen) atoms. The van der Waals surface area contributed by atoms with Crippen LogP contribution in [0.3, 0.4) is 0 Å². The molecule has 0 fully saturated rings. The number of carbonyl (C=O) groups is 1. The van der Waals surface area contributed by atoms with E-state index in [0.29, 0.717) is 22.3 Å². The molecule has 4 rings (SSSR count). The molecule has 0 aliphatic carbocycles. The van der Waals surface area contributed by atoms with Crippen LogP contribution < -0.4 is 11.5 Å². The number of amides is 1. The summed E-state index contributed by atoms with van der Waals surface area (Å²) in [7, 11) is 0. The SMILES string of the molecule is NC(=O)c1cc2nccnc2c(-c2cccc3sncc23)c1N. The zero-order chi connectivity index (χ0) is 16.0. The lowest BCUT2D eigenvalue weighted by Crippen LogP contribution is -2.14. The summed E-state index contributed by atoms with van der Waals surface area (Å²) in [5, 5.41) is 0.956. The molecule has 2 aromatic carbocycles. The molecule has 6 nitrogen and oxygen atoms in total. The number of hydrogen-bond acceptors (Lipinski definition) is 6. The van der Waals surface area contributed by atoms with Gasteiger partial charge in [-0.3, -0.25) is 14.8 Å². The summed E-state index contributed by atoms with van der Waals surface area (Å²) in [6, 6.07) is 7.42. The minimum absolute atomic E-state index is 0.244. The summed E-state index contributed by atoms with van der Waals surface area (Å²) in [5.41, 5.74) is 15.0. The van der Waals surface area contributed by atoms with E-state index in [2.05, 4.69) is 14.3 Å². The Bertz CT molecular complexity index is 1070. The van der Waals surface area contributed by atoms with Crippen molar-refractivity contribution in [3.8, 4) is 11.1 Å². The largest absolute Gasteiger partial charge is 0.398 e. The molecule has 0 aliphatic rings. The Balaban J connectivity index is 2.20. The number of primary amides is 1. The van der Waals surface area contributed by atoms with Gasteiger partial charge in [-0.05, 0) is 29.2 Å². The van der Waals surface area contributed by atoms with E-state index < -0.39 is 5.91 Å². The molecule has 0 unspecified atom stereocenters. The van der Waals surface area contributed by atoms with Crippen LogP contribution in [-0.2, 0) is 0 Å². The molecule has 0 saturated heterocycles. The Morgan fingerprint density at radius 2 is 2.00 bits per heavy atom. The number of nitrogens with two attached hydrogens (primary N) is 2. The summed E-state index contributed by atoms with van der Waals surface area (Å²) < 4.78 is 5.26. The fraction of sp³-hybridized carbons (Fsp3) is 0. The van der Waals surface area contributed by atoms with Crippen LogP contribution in [-0.4, -0.2) is 20.2 Å². The first-order chi connectivity index (χ1) is 11.2. The van der Waals surface area contributed by atoms with Crippen molar-refractivity contribution in [2.75, 3.05) is 5.73 Å². The minimum atomic E-state index is -0.591. The van der Waals surface area contributed by atoms with Gasteiger partial charge in [0, 0.05) is 29.5 Å². The molecule has 112 valence electrons. The zero-order valence-electron chi connectivity index (χ0n) is 11.9. The highest BCUT2D eigenvalue weighted by molar-refractivity contribution is 7.13. The number of carbonyl (C=O) groups excluding carboxylic acids is 1. The van der Waals surface area contributed by atoms with Crippen molar-refractivity contribution in [1.82, 2.24) is 14.3 Å². The zero-order valence-corrected chi connectivity index (χ0v) is 12.7. The van der Waals surface area contributed by atoms with Gasteiger partial charge < -0.3 is 11.5 Å². The first-order valence-corrected chi connectivity index (χ1v) is 7.61. The summed E-state index contributed by atoms with van der Waals surface area (Å²) >= 11 is 1.40. The Labute approximate surface area is 134 Å². The molecule has 2 aromatic heterocycles. The second kappa shape index (κ2) is 4.99. The van der Waals surface area contributed by atoms with Gasteiger partial charge >= 0.3 is 0 Å². The highest BCUT2D eigenvalue weighted by Gasteiger charge is 2.19. The second-order valence-electron chi connectivity index (χ2n) is 5.04.